The Labute approximate surface area is 87.1 Å². The summed E-state index contributed by atoms with van der Waals surface area (Å²) in [6, 6.07) is 1.25. The Morgan fingerprint density at radius 1 is 0.938 bits per heavy atom. The van der Waals surface area contributed by atoms with Crippen molar-refractivity contribution in [3.05, 3.63) is 29.3 Å². The zero-order valence-electron chi connectivity index (χ0n) is 8.00. The van der Waals surface area contributed by atoms with Crippen molar-refractivity contribution in [2.75, 3.05) is 12.4 Å². The van der Waals surface area contributed by atoms with Crippen LogP contribution in [0.5, 0.6) is 0 Å². The molecule has 1 N–H and O–H groups in total. The van der Waals surface area contributed by atoms with E-state index in [1.807, 2.05) is 0 Å². The Kier molecular flexibility index (Phi) is 3.07. The van der Waals surface area contributed by atoms with Crippen LogP contribution in [0.2, 0.25) is 0 Å². The summed E-state index contributed by atoms with van der Waals surface area (Å²) in [5.74, 6) is 0. The van der Waals surface area contributed by atoms with Crippen molar-refractivity contribution in [3.63, 3.8) is 0 Å². The molecule has 7 heteroatoms. The van der Waals surface area contributed by atoms with E-state index in [9.17, 15) is 26.3 Å². The molecular formula is C9H7F6N. The third-order valence-corrected chi connectivity index (χ3v) is 1.92. The van der Waals surface area contributed by atoms with Crippen molar-refractivity contribution >= 4 is 5.69 Å². The van der Waals surface area contributed by atoms with Crippen LogP contribution in [-0.4, -0.2) is 7.05 Å². The molecule has 0 amide bonds. The topological polar surface area (TPSA) is 12.0 Å². The Morgan fingerprint density at radius 2 is 1.50 bits per heavy atom. The van der Waals surface area contributed by atoms with Crippen molar-refractivity contribution in [1.29, 1.82) is 0 Å². The fourth-order valence-corrected chi connectivity index (χ4v) is 1.17. The first-order chi connectivity index (χ1) is 7.16. The summed E-state index contributed by atoms with van der Waals surface area (Å²) in [5.41, 5.74) is -2.84. The number of benzene rings is 1. The van der Waals surface area contributed by atoms with Gasteiger partial charge in [-0.1, -0.05) is 0 Å². The minimum absolute atomic E-state index is 0.406. The van der Waals surface area contributed by atoms with E-state index in [1.54, 1.807) is 0 Å². The zero-order valence-corrected chi connectivity index (χ0v) is 8.00. The van der Waals surface area contributed by atoms with Crippen LogP contribution in [0.3, 0.4) is 0 Å². The third kappa shape index (κ3) is 2.59. The second-order valence-electron chi connectivity index (χ2n) is 3.01. The number of hydrogen-bond donors (Lipinski definition) is 1. The number of alkyl halides is 6. The maximum absolute atomic E-state index is 12.3. The van der Waals surface area contributed by atoms with Gasteiger partial charge in [-0.2, -0.15) is 26.3 Å². The fraction of sp³-hybridized carbons (Fsp3) is 0.333. The van der Waals surface area contributed by atoms with Gasteiger partial charge in [-0.15, -0.1) is 0 Å². The van der Waals surface area contributed by atoms with Gasteiger partial charge < -0.3 is 5.32 Å². The predicted octanol–water partition coefficient (Wildman–Crippen LogP) is 3.77. The molecule has 0 fully saturated rings. The van der Waals surface area contributed by atoms with Gasteiger partial charge in [-0.05, 0) is 18.2 Å². The molecule has 0 bridgehead atoms. The normalized spacial score (nSPS) is 12.7. The van der Waals surface area contributed by atoms with Crippen LogP contribution in [0.4, 0.5) is 32.0 Å². The van der Waals surface area contributed by atoms with Crippen LogP contribution >= 0.6 is 0 Å². The van der Waals surface area contributed by atoms with Crippen molar-refractivity contribution in [1.82, 2.24) is 0 Å². The lowest BCUT2D eigenvalue weighted by Gasteiger charge is -2.15. The minimum atomic E-state index is -4.68. The molecule has 1 rings (SSSR count). The molecule has 0 saturated heterocycles. The summed E-state index contributed by atoms with van der Waals surface area (Å²) in [6.07, 6.45) is -9.34. The molecule has 0 aliphatic carbocycles. The van der Waals surface area contributed by atoms with Crippen molar-refractivity contribution < 1.29 is 26.3 Å². The molecule has 0 aliphatic heterocycles. The van der Waals surface area contributed by atoms with E-state index in [2.05, 4.69) is 5.32 Å². The molecule has 0 heterocycles. The van der Waals surface area contributed by atoms with Gasteiger partial charge in [0.05, 0.1) is 11.1 Å². The summed E-state index contributed by atoms with van der Waals surface area (Å²) in [6.45, 7) is 0. The maximum atomic E-state index is 12.3. The molecule has 0 aromatic heterocycles. The standard InChI is InChI=1S/C9H7F6N/c1-16-7-4-5(8(10,11)12)2-3-6(7)9(13,14)15/h2-4,16H,1H3. The van der Waals surface area contributed by atoms with Gasteiger partial charge in [0.25, 0.3) is 0 Å². The zero-order chi connectivity index (χ0) is 12.6. The van der Waals surface area contributed by atoms with Crippen LogP contribution in [0.25, 0.3) is 0 Å². The van der Waals surface area contributed by atoms with E-state index in [0.29, 0.717) is 18.2 Å². The Bertz CT molecular complexity index is 379. The van der Waals surface area contributed by atoms with Crippen molar-refractivity contribution in [3.8, 4) is 0 Å². The number of rotatable bonds is 1. The van der Waals surface area contributed by atoms with E-state index in [4.69, 9.17) is 0 Å². The summed E-state index contributed by atoms with van der Waals surface area (Å²) >= 11 is 0. The van der Waals surface area contributed by atoms with Crippen LogP contribution < -0.4 is 5.32 Å². The van der Waals surface area contributed by atoms with Gasteiger partial charge in [0, 0.05) is 12.7 Å². The highest BCUT2D eigenvalue weighted by atomic mass is 19.4. The molecule has 0 spiro atoms. The molecule has 90 valence electrons. The largest absolute Gasteiger partial charge is 0.418 e. The molecule has 1 aromatic carbocycles. The van der Waals surface area contributed by atoms with E-state index in [1.165, 1.54) is 0 Å². The lowest BCUT2D eigenvalue weighted by Crippen LogP contribution is -2.12. The first kappa shape index (κ1) is 12.7. The van der Waals surface area contributed by atoms with Gasteiger partial charge in [0.15, 0.2) is 0 Å². The average Bonchev–Trinajstić information content (AvgIpc) is 2.14. The van der Waals surface area contributed by atoms with E-state index in [0.717, 1.165) is 7.05 Å². The van der Waals surface area contributed by atoms with E-state index < -0.39 is 29.2 Å². The van der Waals surface area contributed by atoms with Crippen LogP contribution in [0.15, 0.2) is 18.2 Å². The summed E-state index contributed by atoms with van der Waals surface area (Å²) < 4.78 is 73.7. The smallest absolute Gasteiger partial charge is 0.388 e. The molecule has 1 nitrogen and oxygen atoms in total. The minimum Gasteiger partial charge on any atom is -0.388 e. The molecule has 0 atom stereocenters. The van der Waals surface area contributed by atoms with Crippen LogP contribution in [0.1, 0.15) is 11.1 Å². The SMILES string of the molecule is CNc1cc(C(F)(F)F)ccc1C(F)(F)F. The molecule has 1 aromatic rings. The molecular weight excluding hydrogens is 236 g/mol. The highest BCUT2D eigenvalue weighted by Gasteiger charge is 2.36. The molecule has 16 heavy (non-hydrogen) atoms. The Balaban J connectivity index is 3.28. The van der Waals surface area contributed by atoms with Crippen molar-refractivity contribution in [2.24, 2.45) is 0 Å². The van der Waals surface area contributed by atoms with E-state index >= 15 is 0 Å². The van der Waals surface area contributed by atoms with E-state index in [-0.39, 0.29) is 0 Å². The van der Waals surface area contributed by atoms with Gasteiger partial charge in [-0.3, -0.25) is 0 Å². The van der Waals surface area contributed by atoms with Crippen LogP contribution in [-0.2, 0) is 12.4 Å². The Morgan fingerprint density at radius 3 is 1.88 bits per heavy atom. The molecule has 0 aliphatic rings. The lowest BCUT2D eigenvalue weighted by atomic mass is 10.1. The van der Waals surface area contributed by atoms with Gasteiger partial charge in [-0.25, -0.2) is 0 Å². The Hall–Kier alpha value is -1.40. The first-order valence-corrected chi connectivity index (χ1v) is 4.12. The highest BCUT2D eigenvalue weighted by Crippen LogP contribution is 2.38. The monoisotopic (exact) mass is 243 g/mol. The number of anilines is 1. The summed E-state index contributed by atoms with van der Waals surface area (Å²) in [7, 11) is 1.13. The number of halogens is 6. The number of hydrogen-bond acceptors (Lipinski definition) is 1. The molecule has 0 unspecified atom stereocenters. The maximum Gasteiger partial charge on any atom is 0.418 e. The summed E-state index contributed by atoms with van der Waals surface area (Å²) in [4.78, 5) is 0. The van der Waals surface area contributed by atoms with Crippen molar-refractivity contribution in [2.45, 2.75) is 12.4 Å². The number of nitrogens with one attached hydrogen (secondary N) is 1. The summed E-state index contributed by atoms with van der Waals surface area (Å²) in [5, 5.41) is 2.09. The van der Waals surface area contributed by atoms with Gasteiger partial charge >= 0.3 is 12.4 Å². The first-order valence-electron chi connectivity index (χ1n) is 4.12. The van der Waals surface area contributed by atoms with Gasteiger partial charge in [0.1, 0.15) is 0 Å². The van der Waals surface area contributed by atoms with Crippen LogP contribution in [0, 0.1) is 0 Å². The lowest BCUT2D eigenvalue weighted by molar-refractivity contribution is -0.140. The predicted molar refractivity (Wildman–Crippen MR) is 46.0 cm³/mol. The highest BCUT2D eigenvalue weighted by molar-refractivity contribution is 5.54. The quantitative estimate of drug-likeness (QED) is 0.740. The third-order valence-electron chi connectivity index (χ3n) is 1.92. The second kappa shape index (κ2) is 3.88. The fourth-order valence-electron chi connectivity index (χ4n) is 1.17. The average molecular weight is 243 g/mol. The van der Waals surface area contributed by atoms with Gasteiger partial charge in [0.2, 0.25) is 0 Å². The second-order valence-corrected chi connectivity index (χ2v) is 3.01. The molecule has 0 radical (unpaired) electrons. The molecule has 0 saturated carbocycles.